The third kappa shape index (κ3) is 2.14. The summed E-state index contributed by atoms with van der Waals surface area (Å²) in [4.78, 5) is 0. The molecule has 4 aliphatic carbocycles. The van der Waals surface area contributed by atoms with Crippen LogP contribution >= 0.6 is 0 Å². The van der Waals surface area contributed by atoms with E-state index in [-0.39, 0.29) is 17.6 Å². The van der Waals surface area contributed by atoms with E-state index in [0.717, 1.165) is 25.7 Å². The van der Waals surface area contributed by atoms with Crippen LogP contribution in [0.4, 0.5) is 0 Å². The summed E-state index contributed by atoms with van der Waals surface area (Å²) in [6.45, 7) is 6.87. The molecular formula is C21H32O2. The number of aliphatic hydroxyl groups is 2. The molecule has 2 nitrogen and oxygen atoms in total. The van der Waals surface area contributed by atoms with Crippen LogP contribution in [-0.2, 0) is 0 Å². The molecule has 4 rings (SSSR count). The Morgan fingerprint density at radius 1 is 1.17 bits per heavy atom. The van der Waals surface area contributed by atoms with Crippen molar-refractivity contribution in [2.75, 3.05) is 0 Å². The van der Waals surface area contributed by atoms with Gasteiger partial charge in [-0.25, -0.2) is 0 Å². The second kappa shape index (κ2) is 5.20. The van der Waals surface area contributed by atoms with E-state index in [1.165, 1.54) is 31.3 Å². The average Bonchev–Trinajstić information content (AvgIpc) is 2.85. The molecule has 128 valence electrons. The van der Waals surface area contributed by atoms with Crippen LogP contribution in [0, 0.1) is 22.7 Å². The molecule has 23 heavy (non-hydrogen) atoms. The van der Waals surface area contributed by atoms with E-state index in [1.807, 2.05) is 6.92 Å². The first-order valence-corrected chi connectivity index (χ1v) is 9.64. The predicted octanol–water partition coefficient (Wildman–Crippen LogP) is 4.37. The molecule has 0 radical (unpaired) electrons. The SMILES string of the molecule is C[C@H](O)C1CCC2C3=C(CCC21C)C1(C)CC[C@H](O)CC1=CC3. The summed E-state index contributed by atoms with van der Waals surface area (Å²) >= 11 is 0. The zero-order valence-electron chi connectivity index (χ0n) is 14.9. The van der Waals surface area contributed by atoms with Gasteiger partial charge >= 0.3 is 0 Å². The van der Waals surface area contributed by atoms with Crippen LogP contribution in [0.15, 0.2) is 22.8 Å². The standard InChI is InChI=1S/C21H32O2/c1-13(22)17-6-7-18-16-5-4-14-12-15(23)8-10-20(14,2)19(16)9-11-21(17,18)3/h4,13,15,17-18,22-23H,5-12H2,1-3H3/t13-,15-,17?,18?,20?,21?/m0/s1. The number of hydrogen-bond donors (Lipinski definition) is 2. The van der Waals surface area contributed by atoms with Crippen molar-refractivity contribution in [1.29, 1.82) is 0 Å². The Labute approximate surface area is 140 Å². The third-order valence-corrected chi connectivity index (χ3v) is 8.09. The quantitative estimate of drug-likeness (QED) is 0.705. The minimum absolute atomic E-state index is 0.128. The van der Waals surface area contributed by atoms with Crippen LogP contribution in [-0.4, -0.2) is 22.4 Å². The number of rotatable bonds is 1. The summed E-state index contributed by atoms with van der Waals surface area (Å²) in [7, 11) is 0. The third-order valence-electron chi connectivity index (χ3n) is 8.09. The van der Waals surface area contributed by atoms with Crippen LogP contribution in [0.3, 0.4) is 0 Å². The Kier molecular flexibility index (Phi) is 3.59. The number of fused-ring (bicyclic) bond motifs is 4. The van der Waals surface area contributed by atoms with E-state index < -0.39 is 0 Å². The smallest absolute Gasteiger partial charge is 0.0578 e. The summed E-state index contributed by atoms with van der Waals surface area (Å²) in [6.07, 6.45) is 11.1. The summed E-state index contributed by atoms with van der Waals surface area (Å²) < 4.78 is 0. The summed E-state index contributed by atoms with van der Waals surface area (Å²) in [5.74, 6) is 1.14. The Morgan fingerprint density at radius 3 is 2.70 bits per heavy atom. The van der Waals surface area contributed by atoms with Crippen LogP contribution in [0.1, 0.15) is 72.1 Å². The predicted molar refractivity (Wildman–Crippen MR) is 92.9 cm³/mol. The lowest BCUT2D eigenvalue weighted by Gasteiger charge is -2.51. The minimum atomic E-state index is -0.178. The highest BCUT2D eigenvalue weighted by molar-refractivity contribution is 5.43. The molecule has 0 aromatic carbocycles. The Hall–Kier alpha value is -0.600. The molecule has 0 bridgehead atoms. The van der Waals surface area contributed by atoms with Gasteiger partial charge in [0.2, 0.25) is 0 Å². The van der Waals surface area contributed by atoms with Crippen molar-refractivity contribution in [1.82, 2.24) is 0 Å². The number of aliphatic hydroxyl groups excluding tert-OH is 2. The minimum Gasteiger partial charge on any atom is -0.393 e. The van der Waals surface area contributed by atoms with E-state index in [9.17, 15) is 10.2 Å². The zero-order valence-corrected chi connectivity index (χ0v) is 14.9. The van der Waals surface area contributed by atoms with Crippen LogP contribution in [0.2, 0.25) is 0 Å². The molecule has 4 aliphatic rings. The Bertz CT molecular complexity index is 572. The lowest BCUT2D eigenvalue weighted by Crippen LogP contribution is -2.42. The van der Waals surface area contributed by atoms with Crippen molar-refractivity contribution < 1.29 is 10.2 Å². The molecule has 0 spiro atoms. The fourth-order valence-electron chi connectivity index (χ4n) is 6.73. The monoisotopic (exact) mass is 316 g/mol. The summed E-state index contributed by atoms with van der Waals surface area (Å²) in [5.41, 5.74) is 5.45. The lowest BCUT2D eigenvalue weighted by atomic mass is 9.53. The van der Waals surface area contributed by atoms with Gasteiger partial charge in [-0.15, -0.1) is 0 Å². The molecule has 0 amide bonds. The van der Waals surface area contributed by atoms with Gasteiger partial charge in [0.05, 0.1) is 12.2 Å². The van der Waals surface area contributed by atoms with Crippen molar-refractivity contribution in [3.8, 4) is 0 Å². The van der Waals surface area contributed by atoms with Crippen molar-refractivity contribution in [2.45, 2.75) is 84.3 Å². The Morgan fingerprint density at radius 2 is 1.96 bits per heavy atom. The highest BCUT2D eigenvalue weighted by Crippen LogP contribution is 2.64. The van der Waals surface area contributed by atoms with Gasteiger partial charge in [0, 0.05) is 5.41 Å². The second-order valence-corrected chi connectivity index (χ2v) is 9.15. The van der Waals surface area contributed by atoms with Gasteiger partial charge in [0.25, 0.3) is 0 Å². The maximum atomic E-state index is 10.3. The molecule has 6 atom stereocenters. The van der Waals surface area contributed by atoms with Gasteiger partial charge in [-0.05, 0) is 75.5 Å². The molecule has 0 saturated heterocycles. The van der Waals surface area contributed by atoms with Gasteiger partial charge in [0.1, 0.15) is 0 Å². The highest BCUT2D eigenvalue weighted by Gasteiger charge is 2.54. The normalized spacial score (nSPS) is 47.5. The van der Waals surface area contributed by atoms with Gasteiger partial charge in [0.15, 0.2) is 0 Å². The molecule has 0 aromatic rings. The van der Waals surface area contributed by atoms with E-state index in [1.54, 1.807) is 11.1 Å². The van der Waals surface area contributed by atoms with E-state index >= 15 is 0 Å². The zero-order chi connectivity index (χ0) is 16.4. The van der Waals surface area contributed by atoms with E-state index in [0.29, 0.717) is 17.3 Å². The van der Waals surface area contributed by atoms with Crippen LogP contribution in [0.25, 0.3) is 0 Å². The van der Waals surface area contributed by atoms with Crippen LogP contribution < -0.4 is 0 Å². The highest BCUT2D eigenvalue weighted by atomic mass is 16.3. The largest absolute Gasteiger partial charge is 0.393 e. The van der Waals surface area contributed by atoms with Crippen molar-refractivity contribution in [2.24, 2.45) is 22.7 Å². The Balaban J connectivity index is 1.71. The van der Waals surface area contributed by atoms with Gasteiger partial charge in [-0.1, -0.05) is 36.6 Å². The number of hydrogen-bond acceptors (Lipinski definition) is 2. The molecule has 2 heteroatoms. The average molecular weight is 316 g/mol. The molecule has 0 aromatic heterocycles. The van der Waals surface area contributed by atoms with Crippen molar-refractivity contribution in [3.63, 3.8) is 0 Å². The maximum absolute atomic E-state index is 10.3. The number of allylic oxidation sites excluding steroid dienone is 3. The molecule has 2 N–H and O–H groups in total. The fraction of sp³-hybridized carbons (Fsp3) is 0.810. The van der Waals surface area contributed by atoms with E-state index in [4.69, 9.17) is 0 Å². The summed E-state index contributed by atoms with van der Waals surface area (Å²) in [6, 6.07) is 0. The maximum Gasteiger partial charge on any atom is 0.0578 e. The van der Waals surface area contributed by atoms with Gasteiger partial charge < -0.3 is 10.2 Å². The molecule has 0 aliphatic heterocycles. The fourth-order valence-corrected chi connectivity index (χ4v) is 6.73. The molecule has 2 saturated carbocycles. The summed E-state index contributed by atoms with van der Waals surface area (Å²) in [5, 5.41) is 20.3. The van der Waals surface area contributed by atoms with Gasteiger partial charge in [-0.2, -0.15) is 0 Å². The first-order chi connectivity index (χ1) is 10.9. The first kappa shape index (κ1) is 15.9. The van der Waals surface area contributed by atoms with Crippen LogP contribution in [0.5, 0.6) is 0 Å². The lowest BCUT2D eigenvalue weighted by molar-refractivity contribution is 0.0312. The molecule has 2 fully saturated rings. The molecule has 0 heterocycles. The topological polar surface area (TPSA) is 40.5 Å². The molecule has 4 unspecified atom stereocenters. The first-order valence-electron chi connectivity index (χ1n) is 9.64. The van der Waals surface area contributed by atoms with E-state index in [2.05, 4.69) is 19.9 Å². The van der Waals surface area contributed by atoms with Crippen molar-refractivity contribution in [3.05, 3.63) is 22.8 Å². The molecular weight excluding hydrogens is 284 g/mol. The second-order valence-electron chi connectivity index (χ2n) is 9.15. The van der Waals surface area contributed by atoms with Crippen molar-refractivity contribution >= 4 is 0 Å². The van der Waals surface area contributed by atoms with Gasteiger partial charge in [-0.3, -0.25) is 0 Å².